The van der Waals surface area contributed by atoms with E-state index in [1.807, 2.05) is 19.0 Å². The van der Waals surface area contributed by atoms with Crippen LogP contribution in [-0.4, -0.2) is 69.8 Å². The van der Waals surface area contributed by atoms with E-state index in [1.54, 1.807) is 17.0 Å². The number of likely N-dealkylation sites (tertiary alicyclic amines) is 1. The normalized spacial score (nSPS) is 18.4. The topological polar surface area (TPSA) is 69.7 Å². The number of nitrogens with one attached hydrogen (secondary N) is 1. The third-order valence-electron chi connectivity index (χ3n) is 3.85. The fraction of sp³-hybridized carbons (Fsp3) is 0.533. The molecule has 1 N–H and O–H groups in total. The highest BCUT2D eigenvalue weighted by Crippen LogP contribution is 2.25. The molecule has 1 unspecified atom stereocenters. The number of likely N-dealkylation sites (N-methyl/N-ethyl adjacent to an activating group) is 1. The van der Waals surface area contributed by atoms with Gasteiger partial charge < -0.3 is 15.1 Å². The zero-order valence-electron chi connectivity index (χ0n) is 13.3. The lowest BCUT2D eigenvalue weighted by Crippen LogP contribution is -2.42. The lowest BCUT2D eigenvalue weighted by atomic mass is 10.4. The summed E-state index contributed by atoms with van der Waals surface area (Å²) in [6, 6.07) is 5.94. The molecule has 128 valence electrons. The summed E-state index contributed by atoms with van der Waals surface area (Å²) >= 11 is 5.80. The Labute approximate surface area is 142 Å². The molecule has 2 rings (SSSR count). The Morgan fingerprint density at radius 1 is 1.35 bits per heavy atom. The maximum Gasteiger partial charge on any atom is 0.317 e. The number of benzene rings is 1. The Balaban J connectivity index is 1.96. The average molecular weight is 360 g/mol. The van der Waals surface area contributed by atoms with Gasteiger partial charge in [0.15, 0.2) is 9.84 Å². The van der Waals surface area contributed by atoms with Crippen LogP contribution in [0.2, 0.25) is 5.02 Å². The Morgan fingerprint density at radius 2 is 2.00 bits per heavy atom. The van der Waals surface area contributed by atoms with Crippen molar-refractivity contribution in [1.29, 1.82) is 0 Å². The Kier molecular flexibility index (Phi) is 5.89. The van der Waals surface area contributed by atoms with Crippen LogP contribution in [0.15, 0.2) is 29.2 Å². The predicted molar refractivity (Wildman–Crippen MR) is 90.6 cm³/mol. The molecule has 1 atom stereocenters. The largest absolute Gasteiger partial charge is 0.337 e. The number of amides is 2. The first-order chi connectivity index (χ1) is 10.8. The summed E-state index contributed by atoms with van der Waals surface area (Å²) < 4.78 is 25.2. The summed E-state index contributed by atoms with van der Waals surface area (Å²) in [5.41, 5.74) is 0. The number of hydrogen-bond donors (Lipinski definition) is 1. The van der Waals surface area contributed by atoms with E-state index >= 15 is 0 Å². The van der Waals surface area contributed by atoms with Gasteiger partial charge in [0.1, 0.15) is 0 Å². The number of rotatable bonds is 5. The van der Waals surface area contributed by atoms with Gasteiger partial charge in [-0.1, -0.05) is 11.6 Å². The van der Waals surface area contributed by atoms with Gasteiger partial charge in [0.05, 0.1) is 10.1 Å². The molecule has 23 heavy (non-hydrogen) atoms. The van der Waals surface area contributed by atoms with Gasteiger partial charge in [0.2, 0.25) is 0 Å². The van der Waals surface area contributed by atoms with E-state index in [4.69, 9.17) is 11.6 Å². The quantitative estimate of drug-likeness (QED) is 0.864. The van der Waals surface area contributed by atoms with Crippen molar-refractivity contribution in [2.45, 2.75) is 16.6 Å². The molecule has 1 fully saturated rings. The van der Waals surface area contributed by atoms with Gasteiger partial charge in [-0.15, -0.1) is 0 Å². The Hall–Kier alpha value is -1.31. The smallest absolute Gasteiger partial charge is 0.317 e. The number of sulfone groups is 1. The highest BCUT2D eigenvalue weighted by atomic mass is 35.5. The minimum Gasteiger partial charge on any atom is -0.337 e. The zero-order chi connectivity index (χ0) is 17.0. The van der Waals surface area contributed by atoms with Crippen LogP contribution in [0.4, 0.5) is 4.79 Å². The van der Waals surface area contributed by atoms with Crippen LogP contribution in [0.5, 0.6) is 0 Å². The van der Waals surface area contributed by atoms with E-state index in [-0.39, 0.29) is 17.5 Å². The summed E-state index contributed by atoms with van der Waals surface area (Å²) in [5, 5.41) is 2.74. The van der Waals surface area contributed by atoms with E-state index in [2.05, 4.69) is 5.32 Å². The number of carbonyl (C=O) groups is 1. The van der Waals surface area contributed by atoms with Crippen LogP contribution in [0.25, 0.3) is 0 Å². The number of nitrogens with zero attached hydrogens (tertiary/aromatic N) is 2. The number of halogens is 1. The molecule has 0 radical (unpaired) electrons. The second-order valence-corrected chi connectivity index (χ2v) is 8.56. The summed E-state index contributed by atoms with van der Waals surface area (Å²) in [6.45, 7) is 1.95. The average Bonchev–Trinajstić information content (AvgIpc) is 2.98. The summed E-state index contributed by atoms with van der Waals surface area (Å²) in [4.78, 5) is 15.8. The summed E-state index contributed by atoms with van der Waals surface area (Å²) in [7, 11) is 0.410. The maximum absolute atomic E-state index is 12.6. The fourth-order valence-corrected chi connectivity index (χ4v) is 4.30. The second kappa shape index (κ2) is 7.51. The molecule has 0 bridgehead atoms. The first-order valence-corrected chi connectivity index (χ1v) is 9.40. The fourth-order valence-electron chi connectivity index (χ4n) is 2.48. The van der Waals surface area contributed by atoms with Crippen LogP contribution in [0, 0.1) is 0 Å². The van der Waals surface area contributed by atoms with Gasteiger partial charge in [-0.05, 0) is 44.8 Å². The first kappa shape index (κ1) is 18.0. The molecule has 1 saturated heterocycles. The second-order valence-electron chi connectivity index (χ2n) is 5.89. The van der Waals surface area contributed by atoms with Gasteiger partial charge >= 0.3 is 6.03 Å². The van der Waals surface area contributed by atoms with Gasteiger partial charge in [0.25, 0.3) is 0 Å². The van der Waals surface area contributed by atoms with Crippen LogP contribution in [0.1, 0.15) is 6.42 Å². The molecule has 0 aromatic heterocycles. The molecule has 0 aliphatic carbocycles. The summed E-state index contributed by atoms with van der Waals surface area (Å²) in [6.07, 6.45) is 0.450. The third-order valence-corrected chi connectivity index (χ3v) is 6.29. The maximum atomic E-state index is 12.6. The van der Waals surface area contributed by atoms with E-state index < -0.39 is 15.1 Å². The van der Waals surface area contributed by atoms with Crippen molar-refractivity contribution in [3.63, 3.8) is 0 Å². The number of hydrogen-bond acceptors (Lipinski definition) is 4. The predicted octanol–water partition coefficient (Wildman–Crippen LogP) is 1.46. The Morgan fingerprint density at radius 3 is 2.61 bits per heavy atom. The van der Waals surface area contributed by atoms with E-state index in [0.717, 1.165) is 6.54 Å². The standard InChI is InChI=1S/C15H22ClN3O3S/c1-18(2)10-8-17-15(20)19-9-7-14(11-19)23(21,22)13-5-3-12(16)4-6-13/h3-6,14H,7-11H2,1-2H3,(H,17,20). The zero-order valence-corrected chi connectivity index (χ0v) is 14.9. The monoisotopic (exact) mass is 359 g/mol. The van der Waals surface area contributed by atoms with E-state index in [9.17, 15) is 13.2 Å². The lowest BCUT2D eigenvalue weighted by Gasteiger charge is -2.18. The molecule has 1 heterocycles. The molecule has 1 aliphatic rings. The third kappa shape index (κ3) is 4.59. The molecular formula is C15H22ClN3O3S. The highest BCUT2D eigenvalue weighted by molar-refractivity contribution is 7.92. The number of urea groups is 1. The molecule has 0 saturated carbocycles. The molecule has 0 spiro atoms. The minimum atomic E-state index is -3.44. The summed E-state index contributed by atoms with van der Waals surface area (Å²) in [5.74, 6) is 0. The van der Waals surface area contributed by atoms with Crippen LogP contribution in [0.3, 0.4) is 0 Å². The molecule has 6 nitrogen and oxygen atoms in total. The lowest BCUT2D eigenvalue weighted by molar-refractivity contribution is 0.207. The van der Waals surface area contributed by atoms with Crippen molar-refractivity contribution >= 4 is 27.5 Å². The van der Waals surface area contributed by atoms with Crippen molar-refractivity contribution in [3.8, 4) is 0 Å². The van der Waals surface area contributed by atoms with Crippen molar-refractivity contribution < 1.29 is 13.2 Å². The molecular weight excluding hydrogens is 338 g/mol. The highest BCUT2D eigenvalue weighted by Gasteiger charge is 2.36. The van der Waals surface area contributed by atoms with Crippen LogP contribution in [-0.2, 0) is 9.84 Å². The van der Waals surface area contributed by atoms with Crippen molar-refractivity contribution in [3.05, 3.63) is 29.3 Å². The molecule has 1 aromatic carbocycles. The van der Waals surface area contributed by atoms with Crippen molar-refractivity contribution in [2.24, 2.45) is 0 Å². The van der Waals surface area contributed by atoms with Crippen LogP contribution < -0.4 is 5.32 Å². The molecule has 1 aliphatic heterocycles. The van der Waals surface area contributed by atoms with E-state index in [0.29, 0.717) is 24.5 Å². The van der Waals surface area contributed by atoms with Gasteiger partial charge in [-0.3, -0.25) is 0 Å². The van der Waals surface area contributed by atoms with Crippen molar-refractivity contribution in [2.75, 3.05) is 40.3 Å². The van der Waals surface area contributed by atoms with E-state index in [1.165, 1.54) is 12.1 Å². The van der Waals surface area contributed by atoms with Crippen molar-refractivity contribution in [1.82, 2.24) is 15.1 Å². The van der Waals surface area contributed by atoms with Gasteiger partial charge in [-0.25, -0.2) is 13.2 Å². The molecule has 2 amide bonds. The molecule has 1 aromatic rings. The SMILES string of the molecule is CN(C)CCNC(=O)N1CCC(S(=O)(=O)c2ccc(Cl)cc2)C1. The Bertz CT molecular complexity index is 646. The van der Waals surface area contributed by atoms with Gasteiger partial charge in [0, 0.05) is 31.2 Å². The first-order valence-electron chi connectivity index (χ1n) is 7.47. The number of carbonyl (C=O) groups excluding carboxylic acids is 1. The minimum absolute atomic E-state index is 0.208. The van der Waals surface area contributed by atoms with Gasteiger partial charge in [-0.2, -0.15) is 0 Å². The van der Waals surface area contributed by atoms with Crippen LogP contribution >= 0.6 is 11.6 Å². The molecule has 8 heteroatoms.